The van der Waals surface area contributed by atoms with Gasteiger partial charge in [0.05, 0.1) is 18.0 Å². The van der Waals surface area contributed by atoms with Crippen molar-refractivity contribution >= 4 is 29.5 Å². The average Bonchev–Trinajstić information content (AvgIpc) is 2.89. The summed E-state index contributed by atoms with van der Waals surface area (Å²) in [6, 6.07) is 5.43. The fourth-order valence-electron chi connectivity index (χ4n) is 1.52. The van der Waals surface area contributed by atoms with Gasteiger partial charge in [-0.15, -0.1) is 16.9 Å². The minimum absolute atomic E-state index is 0.0616. The Kier molecular flexibility index (Phi) is 5.32. The lowest BCUT2D eigenvalue weighted by atomic mass is 10.3. The molecule has 0 spiro atoms. The number of hydrogen-bond donors (Lipinski definition) is 3. The zero-order valence-electron chi connectivity index (χ0n) is 11.6. The van der Waals surface area contributed by atoms with E-state index in [4.69, 9.17) is 10.2 Å². The predicted molar refractivity (Wildman–Crippen MR) is 77.8 cm³/mol. The van der Waals surface area contributed by atoms with Gasteiger partial charge in [0.2, 0.25) is 5.89 Å². The Morgan fingerprint density at radius 3 is 2.70 bits per heavy atom. The Morgan fingerprint density at radius 2 is 2.04 bits per heavy atom. The molecular weight excluding hydrogens is 335 g/mol. The van der Waals surface area contributed by atoms with Crippen molar-refractivity contribution in [2.75, 3.05) is 16.8 Å². The highest BCUT2D eigenvalue weighted by atomic mass is 32.2. The van der Waals surface area contributed by atoms with Crippen molar-refractivity contribution in [1.82, 2.24) is 15.5 Å². The smallest absolute Gasteiger partial charge is 0.398 e. The maximum atomic E-state index is 12.3. The first-order chi connectivity index (χ1) is 10.8. The van der Waals surface area contributed by atoms with Gasteiger partial charge in [0.1, 0.15) is 0 Å². The van der Waals surface area contributed by atoms with Crippen LogP contribution in [-0.2, 0) is 6.54 Å². The Morgan fingerprint density at radius 1 is 1.30 bits per heavy atom. The zero-order valence-corrected chi connectivity index (χ0v) is 12.4. The molecule has 0 aliphatic heterocycles. The number of hydrogen-bond acceptors (Lipinski definition) is 6. The summed E-state index contributed by atoms with van der Waals surface area (Å²) in [5.41, 5.74) is 5.50. The minimum atomic E-state index is -4.29. The molecule has 0 fully saturated rings. The minimum Gasteiger partial charge on any atom is -0.406 e. The van der Waals surface area contributed by atoms with E-state index in [2.05, 4.69) is 20.8 Å². The SMILES string of the molecule is Nc1nnc(CNC(=O)Nc2ccccc2SCC(F)(F)F)o1. The molecule has 0 bridgehead atoms. The first-order valence-electron chi connectivity index (χ1n) is 6.25. The van der Waals surface area contributed by atoms with Gasteiger partial charge < -0.3 is 20.8 Å². The van der Waals surface area contributed by atoms with Crippen molar-refractivity contribution in [3.05, 3.63) is 30.2 Å². The van der Waals surface area contributed by atoms with Gasteiger partial charge in [-0.3, -0.25) is 0 Å². The highest BCUT2D eigenvalue weighted by molar-refractivity contribution is 7.99. The number of anilines is 2. The van der Waals surface area contributed by atoms with Crippen LogP contribution in [0.25, 0.3) is 0 Å². The number of halogens is 3. The molecule has 2 amide bonds. The van der Waals surface area contributed by atoms with E-state index in [0.717, 1.165) is 0 Å². The molecule has 0 radical (unpaired) electrons. The van der Waals surface area contributed by atoms with Gasteiger partial charge >= 0.3 is 18.2 Å². The van der Waals surface area contributed by atoms with Crippen molar-refractivity contribution in [1.29, 1.82) is 0 Å². The lowest BCUT2D eigenvalue weighted by Gasteiger charge is -2.12. The van der Waals surface area contributed by atoms with Crippen LogP contribution in [0.15, 0.2) is 33.6 Å². The molecule has 0 saturated heterocycles. The second-order valence-electron chi connectivity index (χ2n) is 4.24. The van der Waals surface area contributed by atoms with Crippen LogP contribution in [0.3, 0.4) is 0 Å². The molecular formula is C12H12F3N5O2S. The van der Waals surface area contributed by atoms with Crippen LogP contribution in [0, 0.1) is 0 Å². The van der Waals surface area contributed by atoms with Crippen LogP contribution in [-0.4, -0.2) is 28.2 Å². The molecule has 0 atom stereocenters. The predicted octanol–water partition coefficient (Wildman–Crippen LogP) is 2.63. The van der Waals surface area contributed by atoms with E-state index < -0.39 is 18.0 Å². The number of aromatic nitrogens is 2. The highest BCUT2D eigenvalue weighted by Gasteiger charge is 2.27. The number of carbonyl (C=O) groups excluding carboxylic acids is 1. The molecule has 0 aliphatic rings. The van der Waals surface area contributed by atoms with Crippen molar-refractivity contribution in [2.24, 2.45) is 0 Å². The summed E-state index contributed by atoms with van der Waals surface area (Å²) < 4.78 is 41.7. The summed E-state index contributed by atoms with van der Waals surface area (Å²) in [6.45, 7) is -0.0616. The fraction of sp³-hybridized carbons (Fsp3) is 0.250. The molecule has 23 heavy (non-hydrogen) atoms. The van der Waals surface area contributed by atoms with Gasteiger partial charge in [0.15, 0.2) is 0 Å². The number of amides is 2. The topological polar surface area (TPSA) is 106 Å². The van der Waals surface area contributed by atoms with Crippen molar-refractivity contribution in [3.8, 4) is 0 Å². The largest absolute Gasteiger partial charge is 0.406 e. The van der Waals surface area contributed by atoms with E-state index in [9.17, 15) is 18.0 Å². The van der Waals surface area contributed by atoms with Crippen LogP contribution in [0.1, 0.15) is 5.89 Å². The number of nitrogens with zero attached hydrogens (tertiary/aromatic N) is 2. The summed E-state index contributed by atoms with van der Waals surface area (Å²) in [5.74, 6) is -0.938. The molecule has 2 rings (SSSR count). The first-order valence-corrected chi connectivity index (χ1v) is 7.23. The molecule has 1 aromatic heterocycles. The zero-order chi connectivity index (χ0) is 16.9. The number of alkyl halides is 3. The van der Waals surface area contributed by atoms with Gasteiger partial charge in [-0.2, -0.15) is 13.2 Å². The van der Waals surface area contributed by atoms with E-state index in [-0.39, 0.29) is 24.1 Å². The lowest BCUT2D eigenvalue weighted by molar-refractivity contribution is -0.105. The van der Waals surface area contributed by atoms with Gasteiger partial charge in [0, 0.05) is 4.90 Å². The van der Waals surface area contributed by atoms with Crippen molar-refractivity contribution in [2.45, 2.75) is 17.6 Å². The molecule has 11 heteroatoms. The standard InChI is InChI=1S/C12H12F3N5O2S/c13-12(14,15)6-23-8-4-2-1-3-7(8)18-11(21)17-5-9-19-20-10(16)22-9/h1-4H,5-6H2,(H2,16,20)(H2,17,18,21). The summed E-state index contributed by atoms with van der Waals surface area (Å²) in [4.78, 5) is 12.1. The Labute approximate surface area is 132 Å². The first kappa shape index (κ1) is 16.9. The number of benzene rings is 1. The van der Waals surface area contributed by atoms with Gasteiger partial charge in [-0.05, 0) is 12.1 Å². The number of thioether (sulfide) groups is 1. The highest BCUT2D eigenvalue weighted by Crippen LogP contribution is 2.31. The third-order valence-corrected chi connectivity index (χ3v) is 3.55. The third kappa shape index (κ3) is 5.70. The van der Waals surface area contributed by atoms with Crippen LogP contribution in [0.5, 0.6) is 0 Å². The Balaban J connectivity index is 1.92. The molecule has 1 aromatic carbocycles. The normalized spacial score (nSPS) is 11.3. The molecule has 4 N–H and O–H groups in total. The maximum absolute atomic E-state index is 12.3. The second-order valence-corrected chi connectivity index (χ2v) is 5.26. The number of carbonyl (C=O) groups is 1. The van der Waals surface area contributed by atoms with E-state index in [1.165, 1.54) is 12.1 Å². The van der Waals surface area contributed by atoms with Gasteiger partial charge in [0.25, 0.3) is 0 Å². The summed E-state index contributed by atoms with van der Waals surface area (Å²) >= 11 is 0.589. The van der Waals surface area contributed by atoms with E-state index in [1.807, 2.05) is 0 Å². The number of para-hydroxylation sites is 1. The van der Waals surface area contributed by atoms with E-state index in [1.54, 1.807) is 12.1 Å². The number of nitrogen functional groups attached to an aromatic ring is 1. The molecule has 2 aromatic rings. The quantitative estimate of drug-likeness (QED) is 0.718. The number of urea groups is 1. The maximum Gasteiger partial charge on any atom is 0.398 e. The molecule has 1 heterocycles. The molecule has 0 unspecified atom stereocenters. The second kappa shape index (κ2) is 7.22. The number of nitrogens with two attached hydrogens (primary N) is 1. The Hall–Kier alpha value is -2.43. The molecule has 0 aliphatic carbocycles. The van der Waals surface area contributed by atoms with E-state index in [0.29, 0.717) is 16.7 Å². The summed E-state index contributed by atoms with van der Waals surface area (Å²) in [7, 11) is 0. The average molecular weight is 347 g/mol. The van der Waals surface area contributed by atoms with Crippen LogP contribution < -0.4 is 16.4 Å². The summed E-state index contributed by atoms with van der Waals surface area (Å²) in [5, 5.41) is 11.9. The number of rotatable bonds is 5. The van der Waals surface area contributed by atoms with Crippen molar-refractivity contribution < 1.29 is 22.4 Å². The summed E-state index contributed by atoms with van der Waals surface area (Å²) in [6.07, 6.45) is -4.29. The van der Waals surface area contributed by atoms with Crippen LogP contribution in [0.4, 0.5) is 29.7 Å². The van der Waals surface area contributed by atoms with E-state index >= 15 is 0 Å². The van der Waals surface area contributed by atoms with Gasteiger partial charge in [-0.25, -0.2) is 4.79 Å². The molecule has 0 saturated carbocycles. The third-order valence-electron chi connectivity index (χ3n) is 2.41. The fourth-order valence-corrected chi connectivity index (χ4v) is 2.28. The molecule has 124 valence electrons. The van der Waals surface area contributed by atoms with Gasteiger partial charge in [-0.1, -0.05) is 17.2 Å². The lowest BCUT2D eigenvalue weighted by Crippen LogP contribution is -2.28. The van der Waals surface area contributed by atoms with Crippen LogP contribution >= 0.6 is 11.8 Å². The number of nitrogens with one attached hydrogen (secondary N) is 2. The van der Waals surface area contributed by atoms with Crippen molar-refractivity contribution in [3.63, 3.8) is 0 Å². The van der Waals surface area contributed by atoms with Crippen LogP contribution in [0.2, 0.25) is 0 Å². The molecule has 7 nitrogen and oxygen atoms in total. The monoisotopic (exact) mass is 347 g/mol. The Bertz CT molecular complexity index is 677.